The lowest BCUT2D eigenvalue weighted by atomic mass is 9.44. The topological polar surface area (TPSA) is 18.5 Å². The lowest BCUT2D eigenvalue weighted by Crippen LogP contribution is -2.54. The van der Waals surface area contributed by atoms with Crippen molar-refractivity contribution in [3.05, 3.63) is 0 Å². The Bertz CT molecular complexity index is 680. The van der Waals surface area contributed by atoms with Crippen LogP contribution in [0.2, 0.25) is 0 Å². The first-order valence-electron chi connectivity index (χ1n) is 13.6. The zero-order valence-electron chi connectivity index (χ0n) is 20.3. The van der Waals surface area contributed by atoms with E-state index in [4.69, 9.17) is 9.47 Å². The Labute approximate surface area is 185 Å². The van der Waals surface area contributed by atoms with Crippen LogP contribution >= 0.6 is 0 Å². The SMILES string of the molecule is CC1CCC2(OC1)O[C@H]1CC3C4CC[C@@H]5C[C@H](C)CC[C@]5(C)C4CC[C@]3(C)C1[C@@H]2C. The van der Waals surface area contributed by atoms with Crippen LogP contribution in [-0.2, 0) is 9.47 Å². The maximum Gasteiger partial charge on any atom is 0.171 e. The first-order valence-corrected chi connectivity index (χ1v) is 13.6. The zero-order valence-corrected chi connectivity index (χ0v) is 20.3. The van der Waals surface area contributed by atoms with E-state index in [9.17, 15) is 0 Å². The van der Waals surface area contributed by atoms with Gasteiger partial charge in [0.05, 0.1) is 12.7 Å². The van der Waals surface area contributed by atoms with Crippen molar-refractivity contribution < 1.29 is 9.47 Å². The van der Waals surface area contributed by atoms with Crippen LogP contribution in [0, 0.1) is 58.2 Å². The molecule has 0 bridgehead atoms. The Morgan fingerprint density at radius 1 is 0.733 bits per heavy atom. The molecule has 0 amide bonds. The Kier molecular flexibility index (Phi) is 4.60. The molecule has 12 atom stereocenters. The van der Waals surface area contributed by atoms with Gasteiger partial charge in [0, 0.05) is 12.3 Å². The van der Waals surface area contributed by atoms with E-state index in [1.807, 2.05) is 0 Å². The Hall–Kier alpha value is -0.0800. The molecule has 4 saturated carbocycles. The summed E-state index contributed by atoms with van der Waals surface area (Å²) in [5.74, 6) is 6.52. The highest BCUT2D eigenvalue weighted by Gasteiger charge is 2.69. The van der Waals surface area contributed by atoms with Gasteiger partial charge in [-0.2, -0.15) is 0 Å². The molecule has 0 N–H and O–H groups in total. The van der Waals surface area contributed by atoms with Crippen LogP contribution in [0.3, 0.4) is 0 Å². The zero-order chi connectivity index (χ0) is 20.9. The third-order valence-corrected chi connectivity index (χ3v) is 12.2. The molecule has 6 aliphatic rings. The minimum absolute atomic E-state index is 0.254. The number of rotatable bonds is 0. The van der Waals surface area contributed by atoms with Gasteiger partial charge in [-0.1, -0.05) is 41.0 Å². The van der Waals surface area contributed by atoms with Crippen LogP contribution in [0.4, 0.5) is 0 Å². The van der Waals surface area contributed by atoms with Gasteiger partial charge in [-0.05, 0) is 104 Å². The highest BCUT2D eigenvalue weighted by Crippen LogP contribution is 2.71. The van der Waals surface area contributed by atoms with Crippen molar-refractivity contribution in [2.75, 3.05) is 6.61 Å². The van der Waals surface area contributed by atoms with Gasteiger partial charge in [0.25, 0.3) is 0 Å². The minimum Gasteiger partial charge on any atom is -0.349 e. The second-order valence-electron chi connectivity index (χ2n) is 13.6. The summed E-state index contributed by atoms with van der Waals surface area (Å²) in [5.41, 5.74) is 1.11. The molecule has 0 aromatic rings. The monoisotopic (exact) mass is 414 g/mol. The molecule has 0 aromatic heterocycles. The highest BCUT2D eigenvalue weighted by atomic mass is 16.7. The van der Waals surface area contributed by atoms with Gasteiger partial charge in [-0.25, -0.2) is 0 Å². The fraction of sp³-hybridized carbons (Fsp3) is 1.00. The summed E-state index contributed by atoms with van der Waals surface area (Å²) in [6, 6.07) is 0. The molecule has 170 valence electrons. The molecule has 4 aliphatic carbocycles. The minimum atomic E-state index is -0.254. The number of fused-ring (bicyclic) bond motifs is 7. The predicted molar refractivity (Wildman–Crippen MR) is 121 cm³/mol. The molecular weight excluding hydrogens is 368 g/mol. The molecular formula is C28H46O2. The number of hydrogen-bond donors (Lipinski definition) is 0. The Morgan fingerprint density at radius 2 is 1.50 bits per heavy atom. The normalized spacial score (nSPS) is 62.5. The predicted octanol–water partition coefficient (Wildman–Crippen LogP) is 7.07. The quantitative estimate of drug-likeness (QED) is 0.422. The summed E-state index contributed by atoms with van der Waals surface area (Å²) in [7, 11) is 0. The van der Waals surface area contributed by atoms with E-state index in [1.165, 1.54) is 57.8 Å². The van der Waals surface area contributed by atoms with Gasteiger partial charge in [-0.3, -0.25) is 0 Å². The highest BCUT2D eigenvalue weighted by molar-refractivity contribution is 5.15. The molecule has 2 aliphatic heterocycles. The summed E-state index contributed by atoms with van der Waals surface area (Å²) in [6.07, 6.45) is 14.6. The summed E-state index contributed by atoms with van der Waals surface area (Å²) < 4.78 is 13.4. The molecule has 6 fully saturated rings. The molecule has 2 heteroatoms. The van der Waals surface area contributed by atoms with E-state index in [1.54, 1.807) is 0 Å². The third kappa shape index (κ3) is 2.62. The first-order chi connectivity index (χ1) is 14.3. The second-order valence-corrected chi connectivity index (χ2v) is 13.6. The average molecular weight is 415 g/mol. The van der Waals surface area contributed by atoms with Gasteiger partial charge in [0.1, 0.15) is 0 Å². The van der Waals surface area contributed by atoms with E-state index in [0.29, 0.717) is 34.7 Å². The van der Waals surface area contributed by atoms with Crippen LogP contribution in [0.1, 0.15) is 98.8 Å². The molecule has 1 spiro atoms. The van der Waals surface area contributed by atoms with Crippen molar-refractivity contribution in [1.29, 1.82) is 0 Å². The van der Waals surface area contributed by atoms with Crippen LogP contribution in [0.25, 0.3) is 0 Å². The van der Waals surface area contributed by atoms with E-state index in [2.05, 4.69) is 34.6 Å². The molecule has 2 heterocycles. The van der Waals surface area contributed by atoms with Crippen molar-refractivity contribution >= 4 is 0 Å². The van der Waals surface area contributed by atoms with Crippen LogP contribution in [-0.4, -0.2) is 18.5 Å². The maximum absolute atomic E-state index is 6.93. The fourth-order valence-corrected chi connectivity index (χ4v) is 10.5. The number of ether oxygens (including phenoxy) is 2. The standard InChI is InChI=1S/C28H46O2/c1-17-8-11-26(4)20(14-17)6-7-21-22(26)10-12-27(5)23(21)15-24-25(27)19(3)28(30-24)13-9-18(2)16-29-28/h17-25H,6-16H2,1-5H3/t17-,18?,19+,20-,21?,22?,23?,24+,25?,26+,27+,28?/m1/s1. The van der Waals surface area contributed by atoms with Crippen LogP contribution in [0.5, 0.6) is 0 Å². The Balaban J connectivity index is 1.26. The molecule has 2 nitrogen and oxygen atoms in total. The average Bonchev–Trinajstić information content (AvgIpc) is 3.16. The summed E-state index contributed by atoms with van der Waals surface area (Å²) in [4.78, 5) is 0. The summed E-state index contributed by atoms with van der Waals surface area (Å²) >= 11 is 0. The van der Waals surface area contributed by atoms with Crippen LogP contribution in [0.15, 0.2) is 0 Å². The van der Waals surface area contributed by atoms with Gasteiger partial charge in [-0.15, -0.1) is 0 Å². The molecule has 30 heavy (non-hydrogen) atoms. The van der Waals surface area contributed by atoms with E-state index in [0.717, 1.165) is 42.6 Å². The van der Waals surface area contributed by atoms with Crippen molar-refractivity contribution in [3.63, 3.8) is 0 Å². The van der Waals surface area contributed by atoms with Gasteiger partial charge < -0.3 is 9.47 Å². The van der Waals surface area contributed by atoms with Crippen LogP contribution < -0.4 is 0 Å². The van der Waals surface area contributed by atoms with Gasteiger partial charge in [0.2, 0.25) is 0 Å². The van der Waals surface area contributed by atoms with Gasteiger partial charge in [0.15, 0.2) is 5.79 Å². The smallest absolute Gasteiger partial charge is 0.171 e. The molecule has 0 radical (unpaired) electrons. The lowest BCUT2D eigenvalue weighted by Gasteiger charge is -2.61. The first kappa shape index (κ1) is 20.5. The molecule has 0 aromatic carbocycles. The van der Waals surface area contributed by atoms with Crippen molar-refractivity contribution in [3.8, 4) is 0 Å². The number of hydrogen-bond acceptors (Lipinski definition) is 2. The fourth-order valence-electron chi connectivity index (χ4n) is 10.5. The van der Waals surface area contributed by atoms with Gasteiger partial charge >= 0.3 is 0 Å². The summed E-state index contributed by atoms with van der Waals surface area (Å²) in [6.45, 7) is 13.6. The van der Waals surface area contributed by atoms with E-state index in [-0.39, 0.29) is 5.79 Å². The molecule has 2 saturated heterocycles. The molecule has 6 unspecified atom stereocenters. The lowest BCUT2D eigenvalue weighted by molar-refractivity contribution is -0.273. The van der Waals surface area contributed by atoms with E-state index >= 15 is 0 Å². The maximum atomic E-state index is 6.93. The molecule has 6 rings (SSSR count). The third-order valence-electron chi connectivity index (χ3n) is 12.2. The van der Waals surface area contributed by atoms with Crippen molar-refractivity contribution in [2.45, 2.75) is 111 Å². The van der Waals surface area contributed by atoms with Crippen molar-refractivity contribution in [2.24, 2.45) is 58.2 Å². The van der Waals surface area contributed by atoms with E-state index < -0.39 is 0 Å². The summed E-state index contributed by atoms with van der Waals surface area (Å²) in [5, 5.41) is 0. The van der Waals surface area contributed by atoms with Crippen molar-refractivity contribution in [1.82, 2.24) is 0 Å². The Morgan fingerprint density at radius 3 is 2.27 bits per heavy atom. The largest absolute Gasteiger partial charge is 0.349 e. The second kappa shape index (κ2) is 6.72.